The van der Waals surface area contributed by atoms with E-state index in [9.17, 15) is 4.79 Å². The van der Waals surface area contributed by atoms with Gasteiger partial charge in [-0.05, 0) is 0 Å². The summed E-state index contributed by atoms with van der Waals surface area (Å²) in [5, 5.41) is 0. The van der Waals surface area contributed by atoms with Gasteiger partial charge >= 0.3 is 117 Å². The number of ether oxygens (including phenoxy) is 2. The fourth-order valence-electron chi connectivity index (χ4n) is 2.10. The fourth-order valence-corrected chi connectivity index (χ4v) is 2.53. The number of likely N-dealkylation sites (tertiary alicyclic amines) is 1. The van der Waals surface area contributed by atoms with Gasteiger partial charge in [-0.25, -0.2) is 0 Å². The SMILES string of the molecule is CCO[C](=[Co])N1CCC[C@H]1C(=O)OC(CC)CC. The first-order valence-corrected chi connectivity index (χ1v) is 7.26. The molecule has 0 bridgehead atoms. The Morgan fingerprint density at radius 2 is 2.06 bits per heavy atom. The van der Waals surface area contributed by atoms with Gasteiger partial charge in [0.05, 0.1) is 0 Å². The first-order chi connectivity index (χ1) is 8.63. The number of nitrogens with zero attached hydrogens (tertiary/aromatic N) is 1. The molecule has 0 N–H and O–H groups in total. The van der Waals surface area contributed by atoms with E-state index in [1.165, 1.54) is 0 Å². The van der Waals surface area contributed by atoms with Gasteiger partial charge < -0.3 is 0 Å². The van der Waals surface area contributed by atoms with Gasteiger partial charge in [0.2, 0.25) is 0 Å². The van der Waals surface area contributed by atoms with E-state index >= 15 is 0 Å². The maximum absolute atomic E-state index is 12.1. The maximum atomic E-state index is 12.1. The summed E-state index contributed by atoms with van der Waals surface area (Å²) >= 11 is 4.36. The van der Waals surface area contributed by atoms with E-state index in [2.05, 4.69) is 15.3 Å². The molecule has 107 valence electrons. The molecule has 0 aromatic rings. The van der Waals surface area contributed by atoms with E-state index in [4.69, 9.17) is 9.47 Å². The average molecular weight is 300 g/mol. The molecule has 5 heteroatoms. The number of esters is 1. The molecule has 0 saturated carbocycles. The van der Waals surface area contributed by atoms with Crippen LogP contribution in [-0.4, -0.2) is 40.9 Å². The molecule has 1 aliphatic heterocycles. The summed E-state index contributed by atoms with van der Waals surface area (Å²) in [5.41, 5.74) is 0. The summed E-state index contributed by atoms with van der Waals surface area (Å²) in [6.07, 6.45) is 3.53. The Balaban J connectivity index is 2.58. The predicted octanol–water partition coefficient (Wildman–Crippen LogP) is 1.85. The first kappa shape index (κ1) is 15.8. The van der Waals surface area contributed by atoms with Gasteiger partial charge in [0.15, 0.2) is 0 Å². The van der Waals surface area contributed by atoms with Crippen molar-refractivity contribution in [2.75, 3.05) is 13.2 Å². The van der Waals surface area contributed by atoms with Crippen molar-refractivity contribution < 1.29 is 29.6 Å². The van der Waals surface area contributed by atoms with Crippen molar-refractivity contribution in [3.05, 3.63) is 0 Å². The summed E-state index contributed by atoms with van der Waals surface area (Å²) in [7, 11) is 0. The molecule has 1 heterocycles. The molecular formula is C13H23CoNO3. The Hall–Kier alpha value is -0.234. The third kappa shape index (κ3) is 4.15. The molecule has 0 aromatic heterocycles. The minimum atomic E-state index is -0.234. The van der Waals surface area contributed by atoms with Gasteiger partial charge in [-0.2, -0.15) is 0 Å². The average Bonchev–Trinajstić information content (AvgIpc) is 2.85. The standard InChI is InChI=1S/C13H23NO3.Co/c1-4-11(5-2)17-13(15)12-8-7-9-14(12)10-16-6-3;/h11-12H,4-9H2,1-3H3;/t12-;/m0./s1. The van der Waals surface area contributed by atoms with Crippen molar-refractivity contribution in [1.82, 2.24) is 4.90 Å². The van der Waals surface area contributed by atoms with Gasteiger partial charge in [0.1, 0.15) is 0 Å². The molecule has 1 saturated heterocycles. The molecular weight excluding hydrogens is 277 g/mol. The molecule has 0 amide bonds. The molecule has 0 aliphatic carbocycles. The summed E-state index contributed by atoms with van der Waals surface area (Å²) in [4.78, 5) is 14.0. The zero-order valence-corrected chi connectivity index (χ0v) is 12.4. The number of carbonyl (C=O) groups excluding carboxylic acids is 1. The quantitative estimate of drug-likeness (QED) is 0.673. The van der Waals surface area contributed by atoms with Crippen LogP contribution in [0, 0.1) is 0 Å². The molecule has 0 unspecified atom stereocenters. The summed E-state index contributed by atoms with van der Waals surface area (Å²) in [6, 6.07) is -0.234. The van der Waals surface area contributed by atoms with E-state index < -0.39 is 0 Å². The second kappa shape index (κ2) is 8.04. The second-order valence-electron chi connectivity index (χ2n) is 4.39. The van der Waals surface area contributed by atoms with Crippen LogP contribution in [-0.2, 0) is 29.6 Å². The van der Waals surface area contributed by atoms with Crippen LogP contribution in [0.3, 0.4) is 0 Å². The summed E-state index contributed by atoms with van der Waals surface area (Å²) < 4.78 is 11.4. The predicted molar refractivity (Wildman–Crippen MR) is 66.8 cm³/mol. The third-order valence-electron chi connectivity index (χ3n) is 3.19. The van der Waals surface area contributed by atoms with E-state index in [1.54, 1.807) is 0 Å². The topological polar surface area (TPSA) is 38.8 Å². The van der Waals surface area contributed by atoms with Gasteiger partial charge in [0, 0.05) is 0 Å². The molecule has 4 nitrogen and oxygen atoms in total. The molecule has 0 spiro atoms. The molecule has 1 aliphatic rings. The van der Waals surface area contributed by atoms with Crippen LogP contribution >= 0.6 is 0 Å². The van der Waals surface area contributed by atoms with E-state index in [0.29, 0.717) is 11.4 Å². The van der Waals surface area contributed by atoms with Crippen LogP contribution in [0.4, 0.5) is 0 Å². The second-order valence-corrected chi connectivity index (χ2v) is 4.84. The third-order valence-corrected chi connectivity index (χ3v) is 3.64. The molecule has 18 heavy (non-hydrogen) atoms. The normalized spacial score (nSPS) is 20.4. The number of rotatable bonds is 7. The van der Waals surface area contributed by atoms with Crippen molar-refractivity contribution in [3.63, 3.8) is 0 Å². The van der Waals surface area contributed by atoms with Crippen LogP contribution in [0.1, 0.15) is 46.5 Å². The first-order valence-electron chi connectivity index (χ1n) is 6.74. The molecule has 0 aromatic carbocycles. The van der Waals surface area contributed by atoms with Crippen molar-refractivity contribution >= 4 is 10.7 Å². The fraction of sp³-hybridized carbons (Fsp3) is 0.846. The minimum absolute atomic E-state index is 0.0230. The van der Waals surface area contributed by atoms with Crippen molar-refractivity contribution in [2.24, 2.45) is 0 Å². The molecule has 1 rings (SSSR count). The number of carbonyl (C=O) groups is 1. The van der Waals surface area contributed by atoms with Crippen LogP contribution in [0.15, 0.2) is 0 Å². The zero-order chi connectivity index (χ0) is 13.5. The summed E-state index contributed by atoms with van der Waals surface area (Å²) in [5.74, 6) is -0.147. The van der Waals surface area contributed by atoms with E-state index in [-0.39, 0.29) is 18.1 Å². The molecule has 0 radical (unpaired) electrons. The van der Waals surface area contributed by atoms with E-state index in [0.717, 1.165) is 32.2 Å². The van der Waals surface area contributed by atoms with Gasteiger partial charge in [0.25, 0.3) is 0 Å². The van der Waals surface area contributed by atoms with Crippen LogP contribution < -0.4 is 0 Å². The Morgan fingerprint density at radius 3 is 2.61 bits per heavy atom. The number of hydrogen-bond acceptors (Lipinski definition) is 4. The van der Waals surface area contributed by atoms with Gasteiger partial charge in [-0.3, -0.25) is 0 Å². The zero-order valence-electron chi connectivity index (χ0n) is 11.4. The Bertz CT molecular complexity index is 292. The Labute approximate surface area is 117 Å². The van der Waals surface area contributed by atoms with Crippen molar-refractivity contribution in [2.45, 2.75) is 58.6 Å². The Kier molecular flexibility index (Phi) is 7.07. The Morgan fingerprint density at radius 1 is 1.39 bits per heavy atom. The molecule has 1 atom stereocenters. The summed E-state index contributed by atoms with van der Waals surface area (Å²) in [6.45, 7) is 7.33. The van der Waals surface area contributed by atoms with Crippen molar-refractivity contribution in [3.8, 4) is 0 Å². The van der Waals surface area contributed by atoms with Crippen LogP contribution in [0.2, 0.25) is 0 Å². The monoisotopic (exact) mass is 300 g/mol. The van der Waals surface area contributed by atoms with Crippen molar-refractivity contribution in [1.29, 1.82) is 0 Å². The van der Waals surface area contributed by atoms with Gasteiger partial charge in [-0.15, -0.1) is 0 Å². The molecule has 1 fully saturated rings. The number of hydrogen-bond donors (Lipinski definition) is 0. The van der Waals surface area contributed by atoms with Crippen LogP contribution in [0.25, 0.3) is 0 Å². The van der Waals surface area contributed by atoms with E-state index in [1.807, 2.05) is 25.7 Å². The van der Waals surface area contributed by atoms with Crippen LogP contribution in [0.5, 0.6) is 0 Å². The van der Waals surface area contributed by atoms with Gasteiger partial charge in [-0.1, -0.05) is 0 Å².